The Hall–Kier alpha value is -2.51. The van der Waals surface area contributed by atoms with Crippen molar-refractivity contribution < 1.29 is 14.3 Å². The van der Waals surface area contributed by atoms with Gasteiger partial charge in [0, 0.05) is 29.7 Å². The Labute approximate surface area is 169 Å². The van der Waals surface area contributed by atoms with Gasteiger partial charge in [0.1, 0.15) is 12.4 Å². The van der Waals surface area contributed by atoms with E-state index < -0.39 is 0 Å². The number of thiazole rings is 1. The van der Waals surface area contributed by atoms with Crippen LogP contribution in [-0.2, 0) is 14.3 Å². The molecule has 0 saturated heterocycles. The highest BCUT2D eigenvalue weighted by Gasteiger charge is 2.27. The number of nitrogens with zero attached hydrogens (tertiary/aromatic N) is 2. The standard InChI is InChI=1S/C21H25N3O3S/c1-14(2)11-26-12-18-10-17(20(25)27-18)9-15(3)23-24-21-22-19(13-28-21)16-7-5-4-6-8-16/h4-8,10,13-14,17H,9,11-12H2,1-3H3,(H,22,24). The second-order valence-corrected chi connectivity index (χ2v) is 7.99. The van der Waals surface area contributed by atoms with Gasteiger partial charge in [-0.25, -0.2) is 4.98 Å². The van der Waals surface area contributed by atoms with Crippen LogP contribution < -0.4 is 5.43 Å². The number of nitrogens with one attached hydrogen (secondary N) is 1. The van der Waals surface area contributed by atoms with Crippen molar-refractivity contribution in [2.45, 2.75) is 27.2 Å². The summed E-state index contributed by atoms with van der Waals surface area (Å²) in [4.78, 5) is 16.6. The predicted molar refractivity (Wildman–Crippen MR) is 112 cm³/mol. The van der Waals surface area contributed by atoms with E-state index in [-0.39, 0.29) is 11.9 Å². The molecule has 2 heterocycles. The minimum atomic E-state index is -0.320. The molecule has 2 aromatic rings. The summed E-state index contributed by atoms with van der Waals surface area (Å²) in [7, 11) is 0. The smallest absolute Gasteiger partial charge is 0.318 e. The van der Waals surface area contributed by atoms with Gasteiger partial charge in [0.15, 0.2) is 0 Å². The Morgan fingerprint density at radius 1 is 1.36 bits per heavy atom. The van der Waals surface area contributed by atoms with Gasteiger partial charge in [-0.15, -0.1) is 11.3 Å². The number of cyclic esters (lactones) is 1. The Kier molecular flexibility index (Phi) is 6.95. The molecule has 1 aromatic carbocycles. The molecule has 1 aromatic heterocycles. The number of hydrogen-bond donors (Lipinski definition) is 1. The van der Waals surface area contributed by atoms with E-state index in [0.29, 0.717) is 36.4 Å². The van der Waals surface area contributed by atoms with Gasteiger partial charge in [0.2, 0.25) is 5.13 Å². The third-order valence-corrected chi connectivity index (χ3v) is 4.80. The van der Waals surface area contributed by atoms with Crippen LogP contribution in [0, 0.1) is 11.8 Å². The van der Waals surface area contributed by atoms with E-state index in [1.165, 1.54) is 11.3 Å². The largest absolute Gasteiger partial charge is 0.428 e. The summed E-state index contributed by atoms with van der Waals surface area (Å²) in [5.41, 5.74) is 5.76. The van der Waals surface area contributed by atoms with Crippen molar-refractivity contribution in [1.82, 2.24) is 4.98 Å². The highest BCUT2D eigenvalue weighted by atomic mass is 32.1. The number of hydrazone groups is 1. The lowest BCUT2D eigenvalue weighted by atomic mass is 10.0. The van der Waals surface area contributed by atoms with E-state index in [0.717, 1.165) is 17.0 Å². The van der Waals surface area contributed by atoms with Crippen LogP contribution in [0.15, 0.2) is 52.6 Å². The van der Waals surface area contributed by atoms with Gasteiger partial charge >= 0.3 is 5.97 Å². The first-order chi connectivity index (χ1) is 13.5. The quantitative estimate of drug-likeness (QED) is 0.375. The van der Waals surface area contributed by atoms with Crippen LogP contribution in [0.2, 0.25) is 0 Å². The number of aromatic nitrogens is 1. The first kappa shape index (κ1) is 20.2. The number of carbonyl (C=O) groups excluding carboxylic acids is 1. The summed E-state index contributed by atoms with van der Waals surface area (Å²) < 4.78 is 10.8. The molecule has 28 heavy (non-hydrogen) atoms. The van der Waals surface area contributed by atoms with Gasteiger partial charge in [-0.05, 0) is 18.9 Å². The molecule has 0 fully saturated rings. The maximum Gasteiger partial charge on any atom is 0.318 e. The molecule has 0 radical (unpaired) electrons. The summed E-state index contributed by atoms with van der Waals surface area (Å²) in [6.45, 7) is 7.01. The monoisotopic (exact) mass is 399 g/mol. The van der Waals surface area contributed by atoms with Gasteiger partial charge in [0.05, 0.1) is 11.6 Å². The molecular weight excluding hydrogens is 374 g/mol. The third-order valence-electron chi connectivity index (χ3n) is 4.05. The number of hydrogen-bond acceptors (Lipinski definition) is 7. The fourth-order valence-corrected chi connectivity index (χ4v) is 3.38. The Morgan fingerprint density at radius 2 is 2.14 bits per heavy atom. The fourth-order valence-electron chi connectivity index (χ4n) is 2.72. The zero-order chi connectivity index (χ0) is 19.9. The first-order valence-electron chi connectivity index (χ1n) is 9.31. The average molecular weight is 400 g/mol. The van der Waals surface area contributed by atoms with E-state index in [9.17, 15) is 4.79 Å². The molecule has 1 atom stereocenters. The molecule has 0 amide bonds. The van der Waals surface area contributed by atoms with Crippen LogP contribution in [-0.4, -0.2) is 29.9 Å². The number of rotatable bonds is 9. The van der Waals surface area contributed by atoms with Gasteiger partial charge in [0.25, 0.3) is 0 Å². The van der Waals surface area contributed by atoms with Gasteiger partial charge < -0.3 is 9.47 Å². The maximum atomic E-state index is 12.0. The molecule has 1 aliphatic rings. The van der Waals surface area contributed by atoms with Crippen molar-refractivity contribution in [3.8, 4) is 11.3 Å². The number of esters is 1. The van der Waals surface area contributed by atoms with Crippen molar-refractivity contribution in [3.05, 3.63) is 47.5 Å². The Balaban J connectivity index is 1.52. The molecular formula is C21H25N3O3S. The third kappa shape index (κ3) is 5.74. The molecule has 6 nitrogen and oxygen atoms in total. The van der Waals surface area contributed by atoms with E-state index >= 15 is 0 Å². The molecule has 7 heteroatoms. The molecule has 148 valence electrons. The summed E-state index contributed by atoms with van der Waals surface area (Å²) in [6.07, 6.45) is 2.33. The molecule has 0 spiro atoms. The lowest BCUT2D eigenvalue weighted by Gasteiger charge is -2.06. The van der Waals surface area contributed by atoms with Crippen LogP contribution >= 0.6 is 11.3 Å². The summed E-state index contributed by atoms with van der Waals surface area (Å²) in [5.74, 6) is 0.462. The second kappa shape index (κ2) is 9.61. The number of carbonyl (C=O) groups is 1. The Bertz CT molecular complexity index is 859. The second-order valence-electron chi connectivity index (χ2n) is 7.14. The van der Waals surface area contributed by atoms with Crippen molar-refractivity contribution >= 4 is 28.1 Å². The SMILES string of the molecule is CC(CC1C=C(COCC(C)C)OC1=O)=NNc1nc(-c2ccccc2)cs1. The lowest BCUT2D eigenvalue weighted by molar-refractivity contribution is -0.140. The van der Waals surface area contributed by atoms with Crippen LogP contribution in [0.5, 0.6) is 0 Å². The Morgan fingerprint density at radius 3 is 2.89 bits per heavy atom. The molecule has 1 unspecified atom stereocenters. The van der Waals surface area contributed by atoms with Crippen molar-refractivity contribution in [3.63, 3.8) is 0 Å². The summed E-state index contributed by atoms with van der Waals surface area (Å²) in [5, 5.41) is 7.06. The van der Waals surface area contributed by atoms with E-state index in [2.05, 4.69) is 29.4 Å². The molecule has 0 aliphatic carbocycles. The van der Waals surface area contributed by atoms with E-state index in [1.54, 1.807) is 0 Å². The van der Waals surface area contributed by atoms with E-state index in [4.69, 9.17) is 9.47 Å². The van der Waals surface area contributed by atoms with Crippen LogP contribution in [0.1, 0.15) is 27.2 Å². The van der Waals surface area contributed by atoms with Gasteiger partial charge in [-0.3, -0.25) is 10.2 Å². The zero-order valence-corrected chi connectivity index (χ0v) is 17.2. The minimum Gasteiger partial charge on any atom is -0.428 e. The fraction of sp³-hybridized carbons (Fsp3) is 0.381. The maximum absolute atomic E-state index is 12.0. The van der Waals surface area contributed by atoms with Crippen molar-refractivity contribution in [2.75, 3.05) is 18.6 Å². The topological polar surface area (TPSA) is 72.8 Å². The minimum absolute atomic E-state index is 0.252. The average Bonchev–Trinajstić information content (AvgIpc) is 3.28. The molecule has 0 saturated carbocycles. The summed E-state index contributed by atoms with van der Waals surface area (Å²) in [6, 6.07) is 10.00. The zero-order valence-electron chi connectivity index (χ0n) is 16.3. The predicted octanol–water partition coefficient (Wildman–Crippen LogP) is 4.72. The van der Waals surface area contributed by atoms with Crippen LogP contribution in [0.25, 0.3) is 11.3 Å². The molecule has 3 rings (SSSR count). The highest BCUT2D eigenvalue weighted by Crippen LogP contribution is 2.25. The molecule has 1 aliphatic heterocycles. The lowest BCUT2D eigenvalue weighted by Crippen LogP contribution is -2.13. The highest BCUT2D eigenvalue weighted by molar-refractivity contribution is 7.14. The summed E-state index contributed by atoms with van der Waals surface area (Å²) >= 11 is 1.49. The van der Waals surface area contributed by atoms with Crippen molar-refractivity contribution in [1.29, 1.82) is 0 Å². The normalized spacial score (nSPS) is 17.0. The number of ether oxygens (including phenoxy) is 2. The van der Waals surface area contributed by atoms with Crippen LogP contribution in [0.4, 0.5) is 5.13 Å². The number of benzene rings is 1. The van der Waals surface area contributed by atoms with Gasteiger partial charge in [-0.2, -0.15) is 5.10 Å². The van der Waals surface area contributed by atoms with Gasteiger partial charge in [-0.1, -0.05) is 44.2 Å². The number of anilines is 1. The van der Waals surface area contributed by atoms with Crippen molar-refractivity contribution in [2.24, 2.45) is 16.9 Å². The van der Waals surface area contributed by atoms with Crippen LogP contribution in [0.3, 0.4) is 0 Å². The first-order valence-corrected chi connectivity index (χ1v) is 10.2. The molecule has 1 N–H and O–H groups in total. The molecule has 0 bridgehead atoms. The van der Waals surface area contributed by atoms with E-state index in [1.807, 2.05) is 48.7 Å².